The molecule has 0 spiro atoms. The van der Waals surface area contributed by atoms with E-state index in [1.54, 1.807) is 36.4 Å². The summed E-state index contributed by atoms with van der Waals surface area (Å²) >= 11 is 0. The van der Waals surface area contributed by atoms with Crippen LogP contribution in [0.4, 0.5) is 4.39 Å². The molecular formula is C27H29FN2O4. The summed E-state index contributed by atoms with van der Waals surface area (Å²) in [7, 11) is 0. The van der Waals surface area contributed by atoms with Crippen LogP contribution < -0.4 is 15.7 Å². The number of piperidine rings is 2. The number of fused-ring (bicyclic) bond motifs is 2. The van der Waals surface area contributed by atoms with E-state index in [1.807, 2.05) is 0 Å². The van der Waals surface area contributed by atoms with Gasteiger partial charge in [-0.3, -0.25) is 4.79 Å². The molecule has 7 heteroatoms. The van der Waals surface area contributed by atoms with Crippen molar-refractivity contribution in [3.63, 3.8) is 0 Å². The van der Waals surface area contributed by atoms with Gasteiger partial charge in [-0.25, -0.2) is 9.18 Å². The second-order valence-corrected chi connectivity index (χ2v) is 9.25. The van der Waals surface area contributed by atoms with E-state index < -0.39 is 5.63 Å². The second-order valence-electron chi connectivity index (χ2n) is 9.25. The zero-order chi connectivity index (χ0) is 23.5. The van der Waals surface area contributed by atoms with Crippen LogP contribution in [0.3, 0.4) is 0 Å². The minimum absolute atomic E-state index is 0.0928. The van der Waals surface area contributed by atoms with Crippen molar-refractivity contribution in [2.75, 3.05) is 26.2 Å². The normalized spacial score (nSPS) is 20.6. The first-order valence-electron chi connectivity index (χ1n) is 12.0. The molecule has 2 saturated heterocycles. The molecule has 0 saturated carbocycles. The summed E-state index contributed by atoms with van der Waals surface area (Å²) in [5, 5.41) is 3.75. The maximum Gasteiger partial charge on any atom is 0.344 e. The fraction of sp³-hybridized carbons (Fsp3) is 0.407. The molecule has 178 valence electrons. The molecule has 2 aliphatic rings. The largest absolute Gasteiger partial charge is 0.484 e. The van der Waals surface area contributed by atoms with E-state index in [4.69, 9.17) is 9.15 Å². The minimum atomic E-state index is -0.516. The van der Waals surface area contributed by atoms with Crippen LogP contribution in [-0.2, 0) is 4.79 Å². The van der Waals surface area contributed by atoms with Gasteiger partial charge in [-0.05, 0) is 80.6 Å². The highest BCUT2D eigenvalue weighted by molar-refractivity contribution is 5.83. The van der Waals surface area contributed by atoms with Gasteiger partial charge in [-0.15, -0.1) is 0 Å². The summed E-state index contributed by atoms with van der Waals surface area (Å²) in [5.74, 6) is 0.440. The van der Waals surface area contributed by atoms with Gasteiger partial charge in [-0.1, -0.05) is 18.6 Å². The molecule has 0 aliphatic carbocycles. The van der Waals surface area contributed by atoms with Crippen LogP contribution in [0.15, 0.2) is 57.7 Å². The number of amides is 1. The lowest BCUT2D eigenvalue weighted by atomic mass is 9.83. The quantitative estimate of drug-likeness (QED) is 0.549. The minimum Gasteiger partial charge on any atom is -0.484 e. The number of carbonyl (C=O) groups excluding carboxylic acids is 1. The molecule has 3 heterocycles. The maximum absolute atomic E-state index is 13.2. The Morgan fingerprint density at radius 3 is 2.74 bits per heavy atom. The molecule has 6 nitrogen and oxygen atoms in total. The molecule has 0 unspecified atom stereocenters. The van der Waals surface area contributed by atoms with Gasteiger partial charge in [-0.2, -0.15) is 0 Å². The third kappa shape index (κ3) is 4.99. The Balaban J connectivity index is 1.19. The summed E-state index contributed by atoms with van der Waals surface area (Å²) in [6.07, 6.45) is 6.13. The van der Waals surface area contributed by atoms with Crippen LogP contribution in [-0.4, -0.2) is 43.1 Å². The van der Waals surface area contributed by atoms with E-state index in [1.165, 1.54) is 50.9 Å². The van der Waals surface area contributed by atoms with Crippen LogP contribution >= 0.6 is 0 Å². The lowest BCUT2D eigenvalue weighted by Crippen LogP contribution is -2.51. The van der Waals surface area contributed by atoms with E-state index in [0.717, 1.165) is 6.42 Å². The van der Waals surface area contributed by atoms with Gasteiger partial charge in [0.15, 0.2) is 6.61 Å². The lowest BCUT2D eigenvalue weighted by Gasteiger charge is -2.44. The smallest absolute Gasteiger partial charge is 0.344 e. The van der Waals surface area contributed by atoms with E-state index in [-0.39, 0.29) is 18.3 Å². The molecule has 0 radical (unpaired) electrons. The topological polar surface area (TPSA) is 71.8 Å². The second kappa shape index (κ2) is 9.97. The maximum atomic E-state index is 13.2. The van der Waals surface area contributed by atoms with Crippen molar-refractivity contribution in [3.8, 4) is 16.9 Å². The molecule has 1 aromatic heterocycles. The molecule has 2 aromatic carbocycles. The molecule has 5 rings (SSSR count). The standard InChI is InChI=1S/C27H29FN2O4/c28-21-9-6-18(7-10-21)23-14-19-8-11-22(15-25(19)34-27(23)32)33-17-26(31)29-16-20-4-3-13-30-12-2-1-5-24(20)30/h6-11,14-15,20,24H,1-5,12-13,16-17H2,(H,29,31)/t20-,24-/m1/s1. The molecule has 1 amide bonds. The first-order valence-corrected chi connectivity index (χ1v) is 12.0. The number of nitrogens with zero attached hydrogens (tertiary/aromatic N) is 1. The lowest BCUT2D eigenvalue weighted by molar-refractivity contribution is -0.123. The molecular weight excluding hydrogens is 435 g/mol. The van der Waals surface area contributed by atoms with Crippen molar-refractivity contribution < 1.29 is 18.3 Å². The van der Waals surface area contributed by atoms with Crippen LogP contribution in [0.25, 0.3) is 22.1 Å². The van der Waals surface area contributed by atoms with Crippen molar-refractivity contribution in [1.82, 2.24) is 10.2 Å². The van der Waals surface area contributed by atoms with Crippen molar-refractivity contribution in [3.05, 3.63) is 64.8 Å². The number of carbonyl (C=O) groups is 1. The van der Waals surface area contributed by atoms with E-state index in [0.29, 0.717) is 46.4 Å². The van der Waals surface area contributed by atoms with Crippen LogP contribution in [0, 0.1) is 11.7 Å². The number of hydrogen-bond acceptors (Lipinski definition) is 5. The Kier molecular flexibility index (Phi) is 6.63. The van der Waals surface area contributed by atoms with Gasteiger partial charge >= 0.3 is 5.63 Å². The van der Waals surface area contributed by atoms with Gasteiger partial charge in [0.2, 0.25) is 0 Å². The number of nitrogens with one attached hydrogen (secondary N) is 1. The predicted molar refractivity (Wildman–Crippen MR) is 128 cm³/mol. The molecule has 3 aromatic rings. The van der Waals surface area contributed by atoms with Crippen molar-refractivity contribution in [2.24, 2.45) is 5.92 Å². The van der Waals surface area contributed by atoms with Gasteiger partial charge < -0.3 is 19.4 Å². The van der Waals surface area contributed by atoms with Gasteiger partial charge in [0.25, 0.3) is 5.91 Å². The Labute approximate surface area is 197 Å². The van der Waals surface area contributed by atoms with Crippen LogP contribution in [0.5, 0.6) is 5.75 Å². The Hall–Kier alpha value is -3.19. The SMILES string of the molecule is O=C(COc1ccc2cc(-c3ccc(F)cc3)c(=O)oc2c1)NC[C@H]1CCCN2CCCC[C@H]12. The summed E-state index contributed by atoms with van der Waals surface area (Å²) in [6.45, 7) is 2.95. The molecule has 1 N–H and O–H groups in total. The van der Waals surface area contributed by atoms with Crippen LogP contribution in [0.1, 0.15) is 32.1 Å². The highest BCUT2D eigenvalue weighted by Crippen LogP contribution is 2.30. The molecule has 2 fully saturated rings. The number of benzene rings is 2. The van der Waals surface area contributed by atoms with Gasteiger partial charge in [0, 0.05) is 24.0 Å². The molecule has 2 atom stereocenters. The number of rotatable bonds is 6. The van der Waals surface area contributed by atoms with E-state index in [2.05, 4.69) is 10.2 Å². The fourth-order valence-corrected chi connectivity index (χ4v) is 5.27. The highest BCUT2D eigenvalue weighted by Gasteiger charge is 2.32. The Bertz CT molecular complexity index is 1220. The van der Waals surface area contributed by atoms with E-state index in [9.17, 15) is 14.0 Å². The molecule has 0 bridgehead atoms. The Morgan fingerprint density at radius 1 is 1.06 bits per heavy atom. The zero-order valence-electron chi connectivity index (χ0n) is 19.1. The molecule has 2 aliphatic heterocycles. The third-order valence-electron chi connectivity index (χ3n) is 7.02. The summed E-state index contributed by atoms with van der Waals surface area (Å²) in [6, 6.07) is 13.1. The summed E-state index contributed by atoms with van der Waals surface area (Å²) in [5.41, 5.74) is 0.801. The van der Waals surface area contributed by atoms with Gasteiger partial charge in [0.05, 0.1) is 5.56 Å². The monoisotopic (exact) mass is 464 g/mol. The third-order valence-corrected chi connectivity index (χ3v) is 7.02. The summed E-state index contributed by atoms with van der Waals surface area (Å²) < 4.78 is 24.3. The van der Waals surface area contributed by atoms with Crippen molar-refractivity contribution in [1.29, 1.82) is 0 Å². The average molecular weight is 465 g/mol. The average Bonchev–Trinajstić information content (AvgIpc) is 2.86. The van der Waals surface area contributed by atoms with Crippen LogP contribution in [0.2, 0.25) is 0 Å². The number of halogens is 1. The van der Waals surface area contributed by atoms with Gasteiger partial charge in [0.1, 0.15) is 17.1 Å². The first kappa shape index (κ1) is 22.6. The number of ether oxygens (including phenoxy) is 1. The predicted octanol–water partition coefficient (Wildman–Crippen LogP) is 4.36. The summed E-state index contributed by atoms with van der Waals surface area (Å²) in [4.78, 5) is 27.5. The van der Waals surface area contributed by atoms with Crippen molar-refractivity contribution >= 4 is 16.9 Å². The number of hydrogen-bond donors (Lipinski definition) is 1. The Morgan fingerprint density at radius 2 is 1.88 bits per heavy atom. The molecule has 34 heavy (non-hydrogen) atoms. The fourth-order valence-electron chi connectivity index (χ4n) is 5.27. The zero-order valence-corrected chi connectivity index (χ0v) is 19.1. The van der Waals surface area contributed by atoms with E-state index >= 15 is 0 Å². The highest BCUT2D eigenvalue weighted by atomic mass is 19.1. The first-order chi connectivity index (χ1) is 16.6. The van der Waals surface area contributed by atoms with Crippen molar-refractivity contribution in [2.45, 2.75) is 38.1 Å².